The highest BCUT2D eigenvalue weighted by atomic mass is 16.6. The molecule has 1 N–H and O–H groups in total. The summed E-state index contributed by atoms with van der Waals surface area (Å²) in [7, 11) is 0. The Labute approximate surface area is 133 Å². The first-order chi connectivity index (χ1) is 10.6. The molecule has 0 bridgehead atoms. The smallest absolute Gasteiger partial charge is 0.407 e. The maximum absolute atomic E-state index is 12.0. The number of pyridine rings is 1. The third-order valence-electron chi connectivity index (χ3n) is 4.60. The zero-order valence-electron chi connectivity index (χ0n) is 13.9. The van der Waals surface area contributed by atoms with Gasteiger partial charge >= 0.3 is 6.09 Å². The predicted molar refractivity (Wildman–Crippen MR) is 87.6 cm³/mol. The quantitative estimate of drug-likeness (QED) is 0.900. The maximum atomic E-state index is 12.0. The molecule has 4 heteroatoms. The lowest BCUT2D eigenvalue weighted by molar-refractivity contribution is 0.00630. The number of ether oxygens (including phenoxy) is 1. The molecule has 1 fully saturated rings. The van der Waals surface area contributed by atoms with Gasteiger partial charge in [0.25, 0.3) is 0 Å². The number of nitrogens with zero attached hydrogens (tertiary/aromatic N) is 1. The number of amides is 1. The van der Waals surface area contributed by atoms with Crippen LogP contribution in [0.1, 0.15) is 45.7 Å². The van der Waals surface area contributed by atoms with Crippen molar-refractivity contribution in [2.24, 2.45) is 17.8 Å². The standard InChI is InChI=1S/C18H28N2O2/c1-13(2)16-8-7-14(3)12-17(16)22-18(21)20-11-9-15-6-4-5-10-19-15/h4-6,10,13-14,16-17H,7-9,11-12H2,1-3H3,(H,20,21). The molecular weight excluding hydrogens is 276 g/mol. The third-order valence-corrected chi connectivity index (χ3v) is 4.60. The summed E-state index contributed by atoms with van der Waals surface area (Å²) in [6.45, 7) is 7.24. The number of aromatic nitrogens is 1. The maximum Gasteiger partial charge on any atom is 0.407 e. The second-order valence-corrected chi connectivity index (χ2v) is 6.77. The Hall–Kier alpha value is -1.58. The van der Waals surface area contributed by atoms with E-state index >= 15 is 0 Å². The van der Waals surface area contributed by atoms with Crippen LogP contribution in [0, 0.1) is 17.8 Å². The molecule has 0 aromatic carbocycles. The van der Waals surface area contributed by atoms with Crippen molar-refractivity contribution in [1.82, 2.24) is 10.3 Å². The minimum atomic E-state index is -0.291. The van der Waals surface area contributed by atoms with E-state index in [1.165, 1.54) is 6.42 Å². The fraction of sp³-hybridized carbons (Fsp3) is 0.667. The van der Waals surface area contributed by atoms with Crippen molar-refractivity contribution in [2.75, 3.05) is 6.54 Å². The van der Waals surface area contributed by atoms with Gasteiger partial charge in [-0.05, 0) is 42.7 Å². The van der Waals surface area contributed by atoms with Crippen LogP contribution in [-0.2, 0) is 11.2 Å². The number of carbonyl (C=O) groups excluding carboxylic acids is 1. The monoisotopic (exact) mass is 304 g/mol. The molecular formula is C18H28N2O2. The molecule has 4 nitrogen and oxygen atoms in total. The van der Waals surface area contributed by atoms with Gasteiger partial charge in [-0.15, -0.1) is 0 Å². The molecule has 0 radical (unpaired) electrons. The van der Waals surface area contributed by atoms with Gasteiger partial charge in [0, 0.05) is 24.9 Å². The number of hydrogen-bond acceptors (Lipinski definition) is 3. The van der Waals surface area contributed by atoms with Crippen LogP contribution in [0.3, 0.4) is 0 Å². The molecule has 3 atom stereocenters. The van der Waals surface area contributed by atoms with Crippen LogP contribution in [0.15, 0.2) is 24.4 Å². The first-order valence-corrected chi connectivity index (χ1v) is 8.40. The SMILES string of the molecule is CC1CCC(C(C)C)C(OC(=O)NCCc2ccccn2)C1. The summed E-state index contributed by atoms with van der Waals surface area (Å²) in [4.78, 5) is 16.3. The highest BCUT2D eigenvalue weighted by Gasteiger charge is 2.33. The molecule has 22 heavy (non-hydrogen) atoms. The van der Waals surface area contributed by atoms with E-state index in [9.17, 15) is 4.79 Å². The molecule has 1 saturated carbocycles. The average molecular weight is 304 g/mol. The molecule has 1 aromatic heterocycles. The van der Waals surface area contributed by atoms with Crippen molar-refractivity contribution in [3.8, 4) is 0 Å². The Morgan fingerprint density at radius 1 is 1.41 bits per heavy atom. The van der Waals surface area contributed by atoms with Crippen molar-refractivity contribution in [3.63, 3.8) is 0 Å². The molecule has 1 aliphatic carbocycles. The summed E-state index contributed by atoms with van der Waals surface area (Å²) < 4.78 is 5.70. The Bertz CT molecular complexity index is 461. The Balaban J connectivity index is 1.77. The van der Waals surface area contributed by atoms with Crippen molar-refractivity contribution in [1.29, 1.82) is 0 Å². The zero-order valence-corrected chi connectivity index (χ0v) is 13.9. The van der Waals surface area contributed by atoms with Crippen LogP contribution in [0.4, 0.5) is 4.79 Å². The first-order valence-electron chi connectivity index (χ1n) is 8.40. The van der Waals surface area contributed by atoms with Crippen LogP contribution < -0.4 is 5.32 Å². The van der Waals surface area contributed by atoms with E-state index < -0.39 is 0 Å². The molecule has 1 aliphatic rings. The molecule has 1 aromatic rings. The van der Waals surface area contributed by atoms with Gasteiger partial charge in [0.1, 0.15) is 6.10 Å². The minimum Gasteiger partial charge on any atom is -0.446 e. The fourth-order valence-corrected chi connectivity index (χ4v) is 3.27. The summed E-state index contributed by atoms with van der Waals surface area (Å²) in [5.41, 5.74) is 0.981. The number of hydrogen-bond donors (Lipinski definition) is 1. The average Bonchev–Trinajstić information content (AvgIpc) is 2.48. The summed E-state index contributed by atoms with van der Waals surface area (Å²) in [5.74, 6) is 1.68. The summed E-state index contributed by atoms with van der Waals surface area (Å²) in [6.07, 6.45) is 5.64. The van der Waals surface area contributed by atoms with Gasteiger partial charge < -0.3 is 10.1 Å². The van der Waals surface area contributed by atoms with E-state index in [0.717, 1.165) is 25.0 Å². The molecule has 122 valence electrons. The van der Waals surface area contributed by atoms with Crippen LogP contribution in [-0.4, -0.2) is 23.7 Å². The third kappa shape index (κ3) is 5.00. The second-order valence-electron chi connectivity index (χ2n) is 6.77. The lowest BCUT2D eigenvalue weighted by atomic mass is 9.75. The molecule has 0 spiro atoms. The van der Waals surface area contributed by atoms with E-state index in [4.69, 9.17) is 4.74 Å². The van der Waals surface area contributed by atoms with E-state index in [1.54, 1.807) is 6.20 Å². The summed E-state index contributed by atoms with van der Waals surface area (Å²) in [5, 5.41) is 2.85. The molecule has 2 rings (SSSR count). The predicted octanol–water partition coefficient (Wildman–Crippen LogP) is 3.81. The van der Waals surface area contributed by atoms with Gasteiger partial charge in [-0.25, -0.2) is 4.79 Å². The highest BCUT2D eigenvalue weighted by molar-refractivity contribution is 5.67. The number of alkyl carbamates (subject to hydrolysis) is 1. The van der Waals surface area contributed by atoms with Crippen molar-refractivity contribution in [2.45, 2.75) is 52.6 Å². The van der Waals surface area contributed by atoms with E-state index in [-0.39, 0.29) is 12.2 Å². The largest absolute Gasteiger partial charge is 0.446 e. The number of carbonyl (C=O) groups is 1. The highest BCUT2D eigenvalue weighted by Crippen LogP contribution is 2.35. The second kappa shape index (κ2) is 8.16. The molecule has 0 aliphatic heterocycles. The van der Waals surface area contributed by atoms with Gasteiger partial charge in [0.05, 0.1) is 0 Å². The van der Waals surface area contributed by atoms with Crippen molar-refractivity contribution >= 4 is 6.09 Å². The van der Waals surface area contributed by atoms with E-state index in [0.29, 0.717) is 24.3 Å². The van der Waals surface area contributed by atoms with Gasteiger partial charge in [-0.1, -0.05) is 33.3 Å². The molecule has 0 saturated heterocycles. The summed E-state index contributed by atoms with van der Waals surface area (Å²) in [6, 6.07) is 5.81. The first kappa shape index (κ1) is 16.8. The Morgan fingerprint density at radius 3 is 2.91 bits per heavy atom. The van der Waals surface area contributed by atoms with Gasteiger partial charge in [-0.2, -0.15) is 0 Å². The normalized spacial score (nSPS) is 25.0. The topological polar surface area (TPSA) is 51.2 Å². The van der Waals surface area contributed by atoms with Crippen LogP contribution >= 0.6 is 0 Å². The lowest BCUT2D eigenvalue weighted by Crippen LogP contribution is -2.39. The fourth-order valence-electron chi connectivity index (χ4n) is 3.27. The Kier molecular flexibility index (Phi) is 6.22. The summed E-state index contributed by atoms with van der Waals surface area (Å²) >= 11 is 0. The van der Waals surface area contributed by atoms with Crippen molar-refractivity contribution < 1.29 is 9.53 Å². The van der Waals surface area contributed by atoms with Gasteiger partial charge in [-0.3, -0.25) is 4.98 Å². The van der Waals surface area contributed by atoms with Crippen LogP contribution in [0.25, 0.3) is 0 Å². The Morgan fingerprint density at radius 2 is 2.23 bits per heavy atom. The molecule has 3 unspecified atom stereocenters. The van der Waals surface area contributed by atoms with Crippen LogP contribution in [0.5, 0.6) is 0 Å². The molecule has 1 heterocycles. The van der Waals surface area contributed by atoms with Gasteiger partial charge in [0.2, 0.25) is 0 Å². The molecule has 1 amide bonds. The van der Waals surface area contributed by atoms with Crippen molar-refractivity contribution in [3.05, 3.63) is 30.1 Å². The zero-order chi connectivity index (χ0) is 15.9. The van der Waals surface area contributed by atoms with Gasteiger partial charge in [0.15, 0.2) is 0 Å². The van der Waals surface area contributed by atoms with E-state index in [1.807, 2.05) is 18.2 Å². The van der Waals surface area contributed by atoms with E-state index in [2.05, 4.69) is 31.1 Å². The minimum absolute atomic E-state index is 0.0543. The lowest BCUT2D eigenvalue weighted by Gasteiger charge is -2.36. The number of rotatable bonds is 5. The van der Waals surface area contributed by atoms with Crippen LogP contribution in [0.2, 0.25) is 0 Å². The number of nitrogens with one attached hydrogen (secondary N) is 1.